The Labute approximate surface area is 227 Å². The Morgan fingerprint density at radius 3 is 2.19 bits per heavy atom. The normalized spacial score (nSPS) is 12.1. The molecule has 0 aliphatic rings. The van der Waals surface area contributed by atoms with Gasteiger partial charge in [0.1, 0.15) is 0 Å². The first-order valence-electron chi connectivity index (χ1n) is 11.5. The second kappa shape index (κ2) is 14.0. The summed E-state index contributed by atoms with van der Waals surface area (Å²) in [6.45, 7) is 7.11. The Bertz CT molecular complexity index is 1250. The van der Waals surface area contributed by atoms with Crippen molar-refractivity contribution in [3.8, 4) is 11.1 Å². The van der Waals surface area contributed by atoms with Gasteiger partial charge in [-0.3, -0.25) is 4.79 Å². The Morgan fingerprint density at radius 1 is 0.946 bits per heavy atom. The number of aliphatic carboxylic acids is 1. The molecule has 0 aliphatic heterocycles. The number of anilines is 1. The highest BCUT2D eigenvalue weighted by atomic mass is 35.5. The lowest BCUT2D eigenvalue weighted by Gasteiger charge is -2.18. The first kappa shape index (κ1) is 30.2. The third-order valence-corrected chi connectivity index (χ3v) is 6.84. The van der Waals surface area contributed by atoms with E-state index in [1.165, 1.54) is 18.9 Å². The first-order chi connectivity index (χ1) is 17.5. The second-order valence-corrected chi connectivity index (χ2v) is 9.88. The number of benzene rings is 3. The first-order valence-corrected chi connectivity index (χ1v) is 12.7. The molecule has 0 spiro atoms. The van der Waals surface area contributed by atoms with E-state index in [1.54, 1.807) is 27.2 Å². The summed E-state index contributed by atoms with van der Waals surface area (Å²) in [6.07, 6.45) is -1.21. The molecule has 0 saturated carbocycles. The van der Waals surface area contributed by atoms with Gasteiger partial charge in [0, 0.05) is 35.4 Å². The number of hydrogen-bond acceptors (Lipinski definition) is 6. The molecule has 0 aliphatic carbocycles. The molecule has 3 aromatic carbocycles. The molecule has 9 heteroatoms. The predicted molar refractivity (Wildman–Crippen MR) is 151 cm³/mol. The SMILES string of the molecule is COC.Cc1cc(SNc2cccc(-c3ccc(C(=O)NC(C(=O)O)[C@@H](C)O)c(C)c3)c2)c(C)cc1Cl. The second-order valence-electron chi connectivity index (χ2n) is 8.62. The van der Waals surface area contributed by atoms with E-state index in [0.717, 1.165) is 37.9 Å². The summed E-state index contributed by atoms with van der Waals surface area (Å²) in [7, 11) is 3.25. The third-order valence-electron chi connectivity index (χ3n) is 5.44. The largest absolute Gasteiger partial charge is 0.480 e. The van der Waals surface area contributed by atoms with Gasteiger partial charge >= 0.3 is 5.97 Å². The molecule has 1 unspecified atom stereocenters. The minimum atomic E-state index is -1.38. The van der Waals surface area contributed by atoms with Crippen LogP contribution >= 0.6 is 23.5 Å². The average Bonchev–Trinajstić information content (AvgIpc) is 2.84. The van der Waals surface area contributed by atoms with Gasteiger partial charge in [0.15, 0.2) is 6.04 Å². The van der Waals surface area contributed by atoms with Gasteiger partial charge < -0.3 is 25.0 Å². The lowest BCUT2D eigenvalue weighted by molar-refractivity contribution is -0.141. The minimum absolute atomic E-state index is 0.356. The van der Waals surface area contributed by atoms with Gasteiger partial charge in [-0.1, -0.05) is 35.9 Å². The van der Waals surface area contributed by atoms with Crippen LogP contribution in [-0.2, 0) is 9.53 Å². The molecule has 3 rings (SSSR count). The molecule has 4 N–H and O–H groups in total. The van der Waals surface area contributed by atoms with Crippen molar-refractivity contribution in [1.29, 1.82) is 0 Å². The molecule has 37 heavy (non-hydrogen) atoms. The molecule has 1 amide bonds. The summed E-state index contributed by atoms with van der Waals surface area (Å²) in [5.74, 6) is -1.83. The number of aliphatic hydroxyl groups excluding tert-OH is 1. The van der Waals surface area contributed by atoms with Crippen LogP contribution in [0.4, 0.5) is 5.69 Å². The topological polar surface area (TPSA) is 108 Å². The quantitative estimate of drug-likeness (QED) is 0.262. The van der Waals surface area contributed by atoms with Crippen molar-refractivity contribution in [3.05, 3.63) is 81.9 Å². The van der Waals surface area contributed by atoms with Crippen LogP contribution in [0.3, 0.4) is 0 Å². The third kappa shape index (κ3) is 8.50. The number of carbonyl (C=O) groups is 2. The predicted octanol–water partition coefficient (Wildman–Crippen LogP) is 5.88. The number of nitrogens with one attached hydrogen (secondary N) is 2. The number of aryl methyl sites for hydroxylation is 3. The Kier molecular flexibility index (Phi) is 11.5. The summed E-state index contributed by atoms with van der Waals surface area (Å²) in [5.41, 5.74) is 5.99. The van der Waals surface area contributed by atoms with Gasteiger partial charge in [-0.25, -0.2) is 4.79 Å². The lowest BCUT2D eigenvalue weighted by Crippen LogP contribution is -2.47. The Hall–Kier alpha value is -3.04. The zero-order valence-electron chi connectivity index (χ0n) is 21.8. The van der Waals surface area contributed by atoms with Crippen LogP contribution in [0, 0.1) is 20.8 Å². The van der Waals surface area contributed by atoms with E-state index in [0.29, 0.717) is 11.1 Å². The van der Waals surface area contributed by atoms with Crippen LogP contribution in [-0.4, -0.2) is 48.5 Å². The van der Waals surface area contributed by atoms with E-state index in [1.807, 2.05) is 56.3 Å². The maximum atomic E-state index is 12.6. The van der Waals surface area contributed by atoms with E-state index in [-0.39, 0.29) is 0 Å². The number of rotatable bonds is 8. The van der Waals surface area contributed by atoms with Crippen molar-refractivity contribution < 1.29 is 24.5 Å². The average molecular weight is 545 g/mol. The molecule has 0 radical (unpaired) electrons. The number of methoxy groups -OCH3 is 1. The van der Waals surface area contributed by atoms with E-state index in [4.69, 9.17) is 11.6 Å². The van der Waals surface area contributed by atoms with Crippen LogP contribution in [0.15, 0.2) is 59.5 Å². The lowest BCUT2D eigenvalue weighted by atomic mass is 9.99. The molecule has 3 aromatic rings. The molecule has 0 bridgehead atoms. The summed E-state index contributed by atoms with van der Waals surface area (Å²) < 4.78 is 7.63. The number of halogens is 1. The molecule has 198 valence electrons. The van der Waals surface area contributed by atoms with Crippen LogP contribution in [0.5, 0.6) is 0 Å². The van der Waals surface area contributed by atoms with Crippen molar-refractivity contribution in [2.24, 2.45) is 0 Å². The minimum Gasteiger partial charge on any atom is -0.480 e. The highest BCUT2D eigenvalue weighted by molar-refractivity contribution is 8.00. The molecular weight excluding hydrogens is 512 g/mol. The molecule has 0 aromatic heterocycles. The fourth-order valence-electron chi connectivity index (χ4n) is 3.45. The highest BCUT2D eigenvalue weighted by Gasteiger charge is 2.26. The van der Waals surface area contributed by atoms with Gasteiger partial charge in [-0.2, -0.15) is 0 Å². The van der Waals surface area contributed by atoms with Crippen LogP contribution in [0.1, 0.15) is 34.0 Å². The number of carboxylic acid groups (broad SMARTS) is 1. The highest BCUT2D eigenvalue weighted by Crippen LogP contribution is 2.31. The summed E-state index contributed by atoms with van der Waals surface area (Å²) in [5, 5.41) is 21.9. The van der Waals surface area contributed by atoms with Gasteiger partial charge in [0.25, 0.3) is 5.91 Å². The van der Waals surface area contributed by atoms with Crippen LogP contribution in [0.2, 0.25) is 5.02 Å². The smallest absolute Gasteiger partial charge is 0.328 e. The molecule has 0 saturated heterocycles. The monoisotopic (exact) mass is 544 g/mol. The van der Waals surface area contributed by atoms with Crippen molar-refractivity contribution in [2.75, 3.05) is 18.9 Å². The molecule has 0 fully saturated rings. The fraction of sp³-hybridized carbons (Fsp3) is 0.286. The number of carbonyl (C=O) groups excluding carboxylic acids is 1. The maximum Gasteiger partial charge on any atom is 0.328 e. The number of amides is 1. The molecule has 0 heterocycles. The zero-order valence-corrected chi connectivity index (χ0v) is 23.3. The van der Waals surface area contributed by atoms with Crippen LogP contribution in [0.25, 0.3) is 11.1 Å². The number of carboxylic acids is 1. The molecule has 7 nitrogen and oxygen atoms in total. The van der Waals surface area contributed by atoms with Crippen molar-refractivity contribution >= 4 is 41.1 Å². The Balaban J connectivity index is 0.00000153. The fourth-order valence-corrected chi connectivity index (χ4v) is 4.47. The van der Waals surface area contributed by atoms with Crippen LogP contribution < -0.4 is 10.0 Å². The summed E-state index contributed by atoms with van der Waals surface area (Å²) in [4.78, 5) is 24.9. The van der Waals surface area contributed by atoms with Gasteiger partial charge in [-0.15, -0.1) is 0 Å². The summed E-state index contributed by atoms with van der Waals surface area (Å²) in [6, 6.07) is 15.9. The molecular formula is C28H33ClN2O5S. The van der Waals surface area contributed by atoms with E-state index in [9.17, 15) is 19.8 Å². The summed E-state index contributed by atoms with van der Waals surface area (Å²) >= 11 is 7.71. The van der Waals surface area contributed by atoms with Crippen molar-refractivity contribution in [2.45, 2.75) is 44.7 Å². The Morgan fingerprint density at radius 2 is 1.59 bits per heavy atom. The van der Waals surface area contributed by atoms with Gasteiger partial charge in [0.05, 0.1) is 6.10 Å². The van der Waals surface area contributed by atoms with Gasteiger partial charge in [0.2, 0.25) is 0 Å². The molecule has 2 atom stereocenters. The van der Waals surface area contributed by atoms with Crippen molar-refractivity contribution in [3.63, 3.8) is 0 Å². The van der Waals surface area contributed by atoms with E-state index >= 15 is 0 Å². The number of ether oxygens (including phenoxy) is 1. The van der Waals surface area contributed by atoms with Gasteiger partial charge in [-0.05, 0) is 97.8 Å². The van der Waals surface area contributed by atoms with Crippen molar-refractivity contribution in [1.82, 2.24) is 5.32 Å². The number of aliphatic hydroxyl groups is 1. The van der Waals surface area contributed by atoms with E-state index in [2.05, 4.69) is 20.8 Å². The standard InChI is InChI=1S/C26H27ClN2O4S.C2H6O/c1-14-10-19(8-9-21(14)25(31)28-24(17(4)30)26(32)33)18-6-5-7-20(13-18)29-34-23-12-15(2)22(27)11-16(23)3;1-3-2/h5-13,17,24,29-30H,1-4H3,(H,28,31)(H,32,33);1-2H3/t17-,24?;/m1./s1. The van der Waals surface area contributed by atoms with E-state index < -0.39 is 24.0 Å². The zero-order chi connectivity index (χ0) is 27.7. The maximum absolute atomic E-state index is 12.6. The number of hydrogen-bond donors (Lipinski definition) is 4.